The molecule has 0 aliphatic heterocycles. The Balaban J connectivity index is 1.42. The van der Waals surface area contributed by atoms with E-state index in [1.807, 2.05) is 6.07 Å². The molecule has 0 saturated heterocycles. The lowest BCUT2D eigenvalue weighted by molar-refractivity contribution is 0.247. The van der Waals surface area contributed by atoms with E-state index in [0.717, 1.165) is 18.6 Å². The van der Waals surface area contributed by atoms with Crippen molar-refractivity contribution >= 4 is 23.3 Å². The summed E-state index contributed by atoms with van der Waals surface area (Å²) in [6, 6.07) is 11.0. The van der Waals surface area contributed by atoms with E-state index in [1.54, 1.807) is 25.3 Å². The summed E-state index contributed by atoms with van der Waals surface area (Å²) in [6.45, 7) is 0.822. The van der Waals surface area contributed by atoms with Crippen LogP contribution in [0.5, 0.6) is 11.5 Å². The van der Waals surface area contributed by atoms with Gasteiger partial charge < -0.3 is 20.1 Å². The van der Waals surface area contributed by atoms with Crippen LogP contribution in [0.15, 0.2) is 36.4 Å². The number of hydrogen-bond donors (Lipinski definition) is 2. The molecule has 0 saturated carbocycles. The Morgan fingerprint density at radius 1 is 1.12 bits per heavy atom. The average molecular weight is 375 g/mol. The average Bonchev–Trinajstić information content (AvgIpc) is 2.65. The highest BCUT2D eigenvalue weighted by Gasteiger charge is 2.10. The summed E-state index contributed by atoms with van der Waals surface area (Å²) in [7, 11) is 1.55. The Morgan fingerprint density at radius 3 is 2.69 bits per heavy atom. The van der Waals surface area contributed by atoms with Crippen molar-refractivity contribution in [3.63, 3.8) is 0 Å². The van der Waals surface area contributed by atoms with E-state index in [1.165, 1.54) is 24.0 Å². The molecule has 2 amide bonds. The molecule has 1 aliphatic carbocycles. The number of urea groups is 1. The maximum atomic E-state index is 11.9. The second-order valence-corrected chi connectivity index (χ2v) is 6.62. The van der Waals surface area contributed by atoms with Crippen LogP contribution in [0, 0.1) is 0 Å². The first-order valence-electron chi connectivity index (χ1n) is 8.79. The number of benzene rings is 2. The summed E-state index contributed by atoms with van der Waals surface area (Å²) >= 11 is 6.04. The van der Waals surface area contributed by atoms with Gasteiger partial charge in [-0.25, -0.2) is 4.79 Å². The number of fused-ring (bicyclic) bond motifs is 1. The Labute approximate surface area is 158 Å². The van der Waals surface area contributed by atoms with Crippen molar-refractivity contribution in [1.29, 1.82) is 0 Å². The second kappa shape index (κ2) is 8.81. The van der Waals surface area contributed by atoms with Crippen LogP contribution in [-0.4, -0.2) is 26.3 Å². The Kier molecular flexibility index (Phi) is 6.23. The summed E-state index contributed by atoms with van der Waals surface area (Å²) < 4.78 is 10.8. The molecule has 1 aliphatic rings. The lowest BCUT2D eigenvalue weighted by Gasteiger charge is -2.17. The molecule has 6 heteroatoms. The summed E-state index contributed by atoms with van der Waals surface area (Å²) in [5, 5.41) is 5.94. The molecule has 2 aromatic carbocycles. The maximum Gasteiger partial charge on any atom is 0.319 e. The molecule has 3 rings (SSSR count). The van der Waals surface area contributed by atoms with E-state index in [0.29, 0.717) is 29.6 Å². The van der Waals surface area contributed by atoms with Gasteiger partial charge in [-0.15, -0.1) is 0 Å². The quantitative estimate of drug-likeness (QED) is 0.735. The number of carbonyl (C=O) groups excluding carboxylic acids is 1. The molecule has 2 N–H and O–H groups in total. The summed E-state index contributed by atoms with van der Waals surface area (Å²) in [5.74, 6) is 1.42. The van der Waals surface area contributed by atoms with E-state index in [4.69, 9.17) is 21.1 Å². The van der Waals surface area contributed by atoms with E-state index in [9.17, 15) is 4.79 Å². The Hall–Kier alpha value is -2.40. The molecule has 5 nitrogen and oxygen atoms in total. The smallest absolute Gasteiger partial charge is 0.319 e. The third kappa shape index (κ3) is 4.82. The Morgan fingerprint density at radius 2 is 1.92 bits per heavy atom. The van der Waals surface area contributed by atoms with E-state index >= 15 is 0 Å². The lowest BCUT2D eigenvalue weighted by atomic mass is 9.92. The molecular weight excluding hydrogens is 352 g/mol. The predicted octanol–water partition coefficient (Wildman–Crippen LogP) is 4.43. The number of nitrogens with one attached hydrogen (secondary N) is 2. The zero-order chi connectivity index (χ0) is 18.4. The predicted molar refractivity (Wildman–Crippen MR) is 104 cm³/mol. The number of anilines is 1. The standard InChI is InChI=1S/C20H23ClN2O3/c1-25-19-9-7-16(13-18(19)21)23-20(24)22-10-11-26-17-8-6-14-4-2-3-5-15(14)12-17/h6-9,12-13H,2-5,10-11H2,1H3,(H2,22,23,24). The number of hydrogen-bond acceptors (Lipinski definition) is 3. The van der Waals surface area contributed by atoms with Gasteiger partial charge in [-0.05, 0) is 67.1 Å². The first-order valence-corrected chi connectivity index (χ1v) is 9.16. The first-order chi connectivity index (χ1) is 12.7. The number of halogens is 1. The molecule has 0 atom stereocenters. The van der Waals surface area contributed by atoms with Gasteiger partial charge in [-0.2, -0.15) is 0 Å². The fourth-order valence-electron chi connectivity index (χ4n) is 3.05. The van der Waals surface area contributed by atoms with Gasteiger partial charge in [-0.1, -0.05) is 17.7 Å². The number of ether oxygens (including phenoxy) is 2. The minimum absolute atomic E-state index is 0.305. The molecule has 0 bridgehead atoms. The van der Waals surface area contributed by atoms with Crippen LogP contribution in [0.2, 0.25) is 5.02 Å². The van der Waals surface area contributed by atoms with Crippen LogP contribution in [0.3, 0.4) is 0 Å². The number of amides is 2. The van der Waals surface area contributed by atoms with Crippen molar-refractivity contribution in [1.82, 2.24) is 5.32 Å². The fourth-order valence-corrected chi connectivity index (χ4v) is 3.31. The molecule has 0 heterocycles. The van der Waals surface area contributed by atoms with E-state index < -0.39 is 0 Å². The third-order valence-electron chi connectivity index (χ3n) is 4.39. The van der Waals surface area contributed by atoms with Crippen molar-refractivity contribution in [3.8, 4) is 11.5 Å². The van der Waals surface area contributed by atoms with Gasteiger partial charge in [0.2, 0.25) is 0 Å². The fraction of sp³-hybridized carbons (Fsp3) is 0.350. The van der Waals surface area contributed by atoms with Gasteiger partial charge in [0.15, 0.2) is 0 Å². The van der Waals surface area contributed by atoms with Gasteiger partial charge >= 0.3 is 6.03 Å². The molecule has 0 radical (unpaired) electrons. The van der Waals surface area contributed by atoms with Crippen LogP contribution >= 0.6 is 11.6 Å². The minimum Gasteiger partial charge on any atom is -0.495 e. The molecule has 0 fully saturated rings. The highest BCUT2D eigenvalue weighted by atomic mass is 35.5. The zero-order valence-corrected chi connectivity index (χ0v) is 15.6. The van der Waals surface area contributed by atoms with Gasteiger partial charge in [0.1, 0.15) is 18.1 Å². The van der Waals surface area contributed by atoms with Crippen molar-refractivity contribution in [2.24, 2.45) is 0 Å². The second-order valence-electron chi connectivity index (χ2n) is 6.22. The van der Waals surface area contributed by atoms with Crippen molar-refractivity contribution in [2.75, 3.05) is 25.6 Å². The van der Waals surface area contributed by atoms with Gasteiger partial charge in [0, 0.05) is 5.69 Å². The molecule has 138 valence electrons. The number of carbonyl (C=O) groups is 1. The van der Waals surface area contributed by atoms with Crippen molar-refractivity contribution < 1.29 is 14.3 Å². The van der Waals surface area contributed by atoms with Crippen LogP contribution in [0.1, 0.15) is 24.0 Å². The number of aryl methyl sites for hydroxylation is 2. The van der Waals surface area contributed by atoms with Gasteiger partial charge in [0.05, 0.1) is 18.7 Å². The van der Waals surface area contributed by atoms with E-state index in [-0.39, 0.29) is 6.03 Å². The largest absolute Gasteiger partial charge is 0.495 e. The van der Waals surface area contributed by atoms with Crippen LogP contribution in [0.25, 0.3) is 0 Å². The molecular formula is C20H23ClN2O3. The molecule has 2 aromatic rings. The minimum atomic E-state index is -0.305. The Bertz CT molecular complexity index is 780. The molecule has 0 spiro atoms. The summed E-state index contributed by atoms with van der Waals surface area (Å²) in [5.41, 5.74) is 3.42. The SMILES string of the molecule is COc1ccc(NC(=O)NCCOc2ccc3c(c2)CCCC3)cc1Cl. The van der Waals surface area contributed by atoms with Gasteiger partial charge in [0.25, 0.3) is 0 Å². The van der Waals surface area contributed by atoms with Gasteiger partial charge in [-0.3, -0.25) is 0 Å². The van der Waals surface area contributed by atoms with E-state index in [2.05, 4.69) is 22.8 Å². The van der Waals surface area contributed by atoms with Crippen LogP contribution in [0.4, 0.5) is 10.5 Å². The summed E-state index contributed by atoms with van der Waals surface area (Å²) in [6.07, 6.45) is 4.80. The zero-order valence-electron chi connectivity index (χ0n) is 14.8. The van der Waals surface area contributed by atoms with Crippen molar-refractivity contribution in [3.05, 3.63) is 52.5 Å². The third-order valence-corrected chi connectivity index (χ3v) is 4.68. The van der Waals surface area contributed by atoms with Crippen LogP contribution in [-0.2, 0) is 12.8 Å². The lowest BCUT2D eigenvalue weighted by Crippen LogP contribution is -2.32. The topological polar surface area (TPSA) is 59.6 Å². The maximum absolute atomic E-state index is 11.9. The van der Waals surface area contributed by atoms with Crippen molar-refractivity contribution in [2.45, 2.75) is 25.7 Å². The molecule has 0 aromatic heterocycles. The highest BCUT2D eigenvalue weighted by Crippen LogP contribution is 2.27. The molecule has 0 unspecified atom stereocenters. The number of rotatable bonds is 6. The highest BCUT2D eigenvalue weighted by molar-refractivity contribution is 6.32. The molecule has 26 heavy (non-hydrogen) atoms. The first kappa shape index (κ1) is 18.4. The monoisotopic (exact) mass is 374 g/mol. The summed E-state index contributed by atoms with van der Waals surface area (Å²) in [4.78, 5) is 11.9. The normalized spacial score (nSPS) is 12.8. The number of methoxy groups -OCH3 is 1. The van der Waals surface area contributed by atoms with Crippen LogP contribution < -0.4 is 20.1 Å².